The lowest BCUT2D eigenvalue weighted by molar-refractivity contribution is 0.557. The van der Waals surface area contributed by atoms with Crippen molar-refractivity contribution >= 4 is 17.3 Å². The van der Waals surface area contributed by atoms with Crippen LogP contribution >= 0.6 is 11.6 Å². The van der Waals surface area contributed by atoms with Gasteiger partial charge in [-0.25, -0.2) is 4.68 Å². The average Bonchev–Trinajstić information content (AvgIpc) is 3.33. The number of aromatic nitrogens is 5. The molecule has 1 saturated heterocycles. The molecule has 0 aliphatic carbocycles. The second kappa shape index (κ2) is 8.22. The van der Waals surface area contributed by atoms with Gasteiger partial charge in [0.2, 0.25) is 0 Å². The van der Waals surface area contributed by atoms with Crippen molar-refractivity contribution in [1.82, 2.24) is 24.5 Å². The molecule has 1 aromatic carbocycles. The van der Waals surface area contributed by atoms with Crippen LogP contribution < -0.4 is 10.5 Å². The van der Waals surface area contributed by atoms with Gasteiger partial charge < -0.3 is 9.47 Å². The molecule has 2 aromatic heterocycles. The molecule has 3 aromatic rings. The number of aryl methyl sites for hydroxylation is 1. The first-order valence-corrected chi connectivity index (χ1v) is 11.1. The van der Waals surface area contributed by atoms with Gasteiger partial charge in [0.25, 0.3) is 5.56 Å². The minimum atomic E-state index is -0.260. The second-order valence-corrected chi connectivity index (χ2v) is 8.46. The van der Waals surface area contributed by atoms with Crippen LogP contribution in [-0.2, 0) is 19.5 Å². The van der Waals surface area contributed by atoms with Crippen LogP contribution in [0.5, 0.6) is 0 Å². The Balaban J connectivity index is 1.46. The van der Waals surface area contributed by atoms with Gasteiger partial charge in [0.1, 0.15) is 10.8 Å². The van der Waals surface area contributed by atoms with E-state index in [9.17, 15) is 4.79 Å². The Hall–Kier alpha value is -2.67. The van der Waals surface area contributed by atoms with Gasteiger partial charge in [-0.1, -0.05) is 48.4 Å². The average molecular weight is 425 g/mol. The molecule has 1 atom stereocenters. The summed E-state index contributed by atoms with van der Waals surface area (Å²) in [6.07, 6.45) is 8.26. The summed E-state index contributed by atoms with van der Waals surface area (Å²) in [6.45, 7) is 2.20. The van der Waals surface area contributed by atoms with Gasteiger partial charge in [-0.15, -0.1) is 10.2 Å². The number of rotatable bonds is 4. The molecule has 7 nitrogen and oxygen atoms in total. The Morgan fingerprint density at radius 1 is 1.03 bits per heavy atom. The van der Waals surface area contributed by atoms with Gasteiger partial charge in [-0.3, -0.25) is 4.79 Å². The zero-order valence-corrected chi connectivity index (χ0v) is 17.6. The van der Waals surface area contributed by atoms with Gasteiger partial charge in [-0.2, -0.15) is 5.10 Å². The van der Waals surface area contributed by atoms with E-state index in [2.05, 4.69) is 24.8 Å². The van der Waals surface area contributed by atoms with Crippen LogP contribution in [-0.4, -0.2) is 31.1 Å². The molecule has 156 valence electrons. The van der Waals surface area contributed by atoms with Gasteiger partial charge in [0.15, 0.2) is 5.82 Å². The van der Waals surface area contributed by atoms with Crippen LogP contribution in [0.4, 0.5) is 5.69 Å². The zero-order chi connectivity index (χ0) is 20.5. The topological polar surface area (TPSA) is 68.8 Å². The van der Waals surface area contributed by atoms with Crippen molar-refractivity contribution < 1.29 is 0 Å². The summed E-state index contributed by atoms with van der Waals surface area (Å²) in [7, 11) is 0. The fourth-order valence-corrected chi connectivity index (χ4v) is 4.86. The molecule has 1 unspecified atom stereocenters. The molecule has 1 fully saturated rings. The fraction of sp³-hybridized carbons (Fsp3) is 0.455. The summed E-state index contributed by atoms with van der Waals surface area (Å²) in [4.78, 5) is 15.1. The normalized spacial score (nSPS) is 19.0. The molecule has 8 heteroatoms. The van der Waals surface area contributed by atoms with E-state index in [1.807, 2.05) is 30.3 Å². The third-order valence-corrected chi connectivity index (χ3v) is 6.50. The fourth-order valence-electron chi connectivity index (χ4n) is 4.60. The van der Waals surface area contributed by atoms with Crippen LogP contribution in [0.15, 0.2) is 41.3 Å². The Morgan fingerprint density at radius 3 is 2.77 bits per heavy atom. The monoisotopic (exact) mass is 424 g/mol. The third-order valence-electron chi connectivity index (χ3n) is 6.14. The number of hydrogen-bond donors (Lipinski definition) is 0. The van der Waals surface area contributed by atoms with Crippen LogP contribution in [0.1, 0.15) is 55.4 Å². The molecule has 5 rings (SSSR count). The Labute approximate surface area is 180 Å². The highest BCUT2D eigenvalue weighted by Gasteiger charge is 2.33. The highest BCUT2D eigenvalue weighted by Crippen LogP contribution is 2.38. The van der Waals surface area contributed by atoms with E-state index in [4.69, 9.17) is 11.6 Å². The molecule has 0 bridgehead atoms. The summed E-state index contributed by atoms with van der Waals surface area (Å²) >= 11 is 6.58. The maximum atomic E-state index is 12.9. The molecule has 0 saturated carbocycles. The molecular formula is C22H25ClN6O. The van der Waals surface area contributed by atoms with Crippen LogP contribution in [0.2, 0.25) is 5.02 Å². The summed E-state index contributed by atoms with van der Waals surface area (Å²) < 4.78 is 3.71. The first-order valence-electron chi connectivity index (χ1n) is 10.7. The van der Waals surface area contributed by atoms with Gasteiger partial charge in [0, 0.05) is 19.5 Å². The lowest BCUT2D eigenvalue weighted by atomic mass is 10.2. The largest absolute Gasteiger partial charge is 0.359 e. The van der Waals surface area contributed by atoms with Gasteiger partial charge >= 0.3 is 0 Å². The van der Waals surface area contributed by atoms with Crippen molar-refractivity contribution in [3.8, 4) is 0 Å². The number of benzene rings is 1. The molecule has 0 radical (unpaired) electrons. The predicted octanol–water partition coefficient (Wildman–Crippen LogP) is 3.60. The lowest BCUT2D eigenvalue weighted by Crippen LogP contribution is -2.30. The van der Waals surface area contributed by atoms with E-state index in [-0.39, 0.29) is 16.6 Å². The van der Waals surface area contributed by atoms with E-state index in [0.29, 0.717) is 12.2 Å². The number of anilines is 1. The second-order valence-electron chi connectivity index (χ2n) is 8.08. The number of hydrogen-bond acceptors (Lipinski definition) is 5. The Bertz CT molecular complexity index is 1090. The highest BCUT2D eigenvalue weighted by molar-refractivity contribution is 6.33. The molecule has 2 aliphatic rings. The summed E-state index contributed by atoms with van der Waals surface area (Å²) in [5.74, 6) is 2.07. The Morgan fingerprint density at radius 2 is 1.90 bits per heavy atom. The van der Waals surface area contributed by atoms with Crippen molar-refractivity contribution in [2.45, 2.75) is 57.7 Å². The van der Waals surface area contributed by atoms with Crippen molar-refractivity contribution in [3.63, 3.8) is 0 Å². The van der Waals surface area contributed by atoms with E-state index >= 15 is 0 Å². The first-order chi connectivity index (χ1) is 14.7. The van der Waals surface area contributed by atoms with Gasteiger partial charge in [-0.05, 0) is 31.2 Å². The molecule has 0 N–H and O–H groups in total. The molecule has 2 aliphatic heterocycles. The van der Waals surface area contributed by atoms with E-state index in [0.717, 1.165) is 56.0 Å². The standard InChI is InChI=1S/C22H25ClN6O/c23-20-18(14-24-29(22(20)30)15-16-8-3-1-4-9-16)27-13-7-10-17(27)21-26-25-19-11-5-2-6-12-28(19)21/h1,3-4,8-9,14,17H,2,5-7,10-13,15H2. The van der Waals surface area contributed by atoms with E-state index in [1.165, 1.54) is 17.5 Å². The van der Waals surface area contributed by atoms with Crippen molar-refractivity contribution in [3.05, 3.63) is 69.1 Å². The molecule has 4 heterocycles. The maximum Gasteiger partial charge on any atom is 0.287 e. The number of fused-ring (bicyclic) bond motifs is 1. The van der Waals surface area contributed by atoms with E-state index < -0.39 is 0 Å². The first kappa shape index (κ1) is 19.3. The van der Waals surface area contributed by atoms with Crippen LogP contribution in [0.25, 0.3) is 0 Å². The maximum absolute atomic E-state index is 12.9. The smallest absolute Gasteiger partial charge is 0.287 e. The lowest BCUT2D eigenvalue weighted by Gasteiger charge is -2.27. The quantitative estimate of drug-likeness (QED) is 0.640. The molecule has 0 amide bonds. The minimum Gasteiger partial charge on any atom is -0.359 e. The summed E-state index contributed by atoms with van der Waals surface area (Å²) in [5, 5.41) is 13.7. The summed E-state index contributed by atoms with van der Waals surface area (Å²) in [5.41, 5.74) is 1.45. The van der Waals surface area contributed by atoms with Crippen LogP contribution in [0, 0.1) is 0 Å². The summed E-state index contributed by atoms with van der Waals surface area (Å²) in [6, 6.07) is 9.88. The predicted molar refractivity (Wildman–Crippen MR) is 116 cm³/mol. The SMILES string of the molecule is O=c1c(Cl)c(N2CCCC2c2nnc3n2CCCCC3)cnn1Cc1ccccc1. The molecule has 30 heavy (non-hydrogen) atoms. The third kappa shape index (κ3) is 3.51. The molecule has 0 spiro atoms. The van der Waals surface area contributed by atoms with Crippen LogP contribution in [0.3, 0.4) is 0 Å². The number of nitrogens with zero attached hydrogens (tertiary/aromatic N) is 6. The Kier molecular flexibility index (Phi) is 5.29. The van der Waals surface area contributed by atoms with Crippen molar-refractivity contribution in [1.29, 1.82) is 0 Å². The minimum absolute atomic E-state index is 0.0769. The number of halogens is 1. The van der Waals surface area contributed by atoms with E-state index in [1.54, 1.807) is 6.20 Å². The van der Waals surface area contributed by atoms with Gasteiger partial charge in [0.05, 0.1) is 24.5 Å². The van der Waals surface area contributed by atoms with Crippen molar-refractivity contribution in [2.24, 2.45) is 0 Å². The molecular weight excluding hydrogens is 400 g/mol. The van der Waals surface area contributed by atoms with Crippen molar-refractivity contribution in [2.75, 3.05) is 11.4 Å². The zero-order valence-electron chi connectivity index (χ0n) is 16.9. The highest BCUT2D eigenvalue weighted by atomic mass is 35.5.